The maximum Gasteiger partial charge on any atom is 0.274 e. The predicted molar refractivity (Wildman–Crippen MR) is 110 cm³/mol. The predicted octanol–water partition coefficient (Wildman–Crippen LogP) is 5.22. The molecule has 2 aromatic carbocycles. The number of benzene rings is 2. The van der Waals surface area contributed by atoms with Crippen molar-refractivity contribution < 1.29 is 9.18 Å². The van der Waals surface area contributed by atoms with Gasteiger partial charge in [0.1, 0.15) is 23.2 Å². The smallest absolute Gasteiger partial charge is 0.274 e. The summed E-state index contributed by atoms with van der Waals surface area (Å²) >= 11 is 0. The number of halogens is 1. The normalized spacial score (nSPS) is 11.2. The second-order valence-electron chi connectivity index (χ2n) is 7.57. The van der Waals surface area contributed by atoms with E-state index in [1.54, 1.807) is 19.1 Å². The number of hydrogen-bond donors (Lipinski definition) is 2. The van der Waals surface area contributed by atoms with Crippen LogP contribution in [0, 0.1) is 12.7 Å². The molecule has 0 saturated heterocycles. The lowest BCUT2D eigenvalue weighted by Gasteiger charge is -2.23. The average Bonchev–Trinajstić information content (AvgIpc) is 2.61. The molecule has 28 heavy (non-hydrogen) atoms. The number of anilines is 3. The highest BCUT2D eigenvalue weighted by Gasteiger charge is 2.18. The Kier molecular flexibility index (Phi) is 5.40. The Morgan fingerprint density at radius 3 is 2.46 bits per heavy atom. The summed E-state index contributed by atoms with van der Waals surface area (Å²) in [5, 5.41) is 5.95. The average molecular weight is 378 g/mol. The largest absolute Gasteiger partial charge is 0.340 e. The van der Waals surface area contributed by atoms with Gasteiger partial charge < -0.3 is 10.6 Å². The molecule has 5 nitrogen and oxygen atoms in total. The molecule has 3 aromatic rings. The molecule has 6 heteroatoms. The zero-order chi connectivity index (χ0) is 20.3. The van der Waals surface area contributed by atoms with E-state index in [4.69, 9.17) is 0 Å². The van der Waals surface area contributed by atoms with Gasteiger partial charge in [0.25, 0.3) is 5.91 Å². The lowest BCUT2D eigenvalue weighted by molar-refractivity contribution is 0.102. The van der Waals surface area contributed by atoms with Gasteiger partial charge in [0.15, 0.2) is 0 Å². The quantitative estimate of drug-likeness (QED) is 0.653. The third-order valence-electron chi connectivity index (χ3n) is 4.15. The zero-order valence-electron chi connectivity index (χ0n) is 16.4. The molecule has 0 aliphatic heterocycles. The molecule has 1 heterocycles. The third kappa shape index (κ3) is 4.71. The van der Waals surface area contributed by atoms with Gasteiger partial charge in [0.05, 0.1) is 0 Å². The van der Waals surface area contributed by atoms with Gasteiger partial charge in [-0.1, -0.05) is 45.0 Å². The number of aryl methyl sites for hydroxylation is 1. The maximum absolute atomic E-state index is 13.3. The molecule has 1 aromatic heterocycles. The highest BCUT2D eigenvalue weighted by Crippen LogP contribution is 2.31. The number of amides is 1. The summed E-state index contributed by atoms with van der Waals surface area (Å²) in [6.45, 7) is 8.13. The Balaban J connectivity index is 1.87. The van der Waals surface area contributed by atoms with Crippen molar-refractivity contribution in [3.05, 3.63) is 77.5 Å². The molecule has 0 saturated carbocycles. The van der Waals surface area contributed by atoms with Gasteiger partial charge in [-0.2, -0.15) is 0 Å². The molecule has 0 bridgehead atoms. The van der Waals surface area contributed by atoms with E-state index < -0.39 is 11.7 Å². The molecular weight excluding hydrogens is 355 g/mol. The molecule has 2 N–H and O–H groups in total. The van der Waals surface area contributed by atoms with Crippen LogP contribution in [-0.4, -0.2) is 15.9 Å². The lowest BCUT2D eigenvalue weighted by atomic mass is 9.86. The number of para-hydroxylation sites is 1. The van der Waals surface area contributed by atoms with Gasteiger partial charge in [-0.05, 0) is 42.2 Å². The van der Waals surface area contributed by atoms with Crippen molar-refractivity contribution in [3.8, 4) is 0 Å². The van der Waals surface area contributed by atoms with Crippen LogP contribution in [0.2, 0.25) is 0 Å². The number of aromatic nitrogens is 2. The number of carbonyl (C=O) groups excluding carboxylic acids is 1. The molecule has 0 unspecified atom stereocenters. The van der Waals surface area contributed by atoms with Gasteiger partial charge in [-0.25, -0.2) is 14.4 Å². The minimum atomic E-state index is -0.428. The van der Waals surface area contributed by atoms with E-state index in [1.165, 1.54) is 18.2 Å². The zero-order valence-corrected chi connectivity index (χ0v) is 16.4. The first-order valence-corrected chi connectivity index (χ1v) is 9.01. The van der Waals surface area contributed by atoms with Crippen LogP contribution in [0.1, 0.15) is 42.6 Å². The van der Waals surface area contributed by atoms with Crippen molar-refractivity contribution in [2.24, 2.45) is 0 Å². The molecule has 0 aliphatic rings. The van der Waals surface area contributed by atoms with Crippen molar-refractivity contribution in [1.29, 1.82) is 0 Å². The fourth-order valence-electron chi connectivity index (χ4n) is 2.89. The number of nitrogens with one attached hydrogen (secondary N) is 2. The molecule has 144 valence electrons. The monoisotopic (exact) mass is 378 g/mol. The van der Waals surface area contributed by atoms with Crippen LogP contribution in [0.3, 0.4) is 0 Å². The van der Waals surface area contributed by atoms with Crippen molar-refractivity contribution >= 4 is 23.1 Å². The van der Waals surface area contributed by atoms with Gasteiger partial charge in [0, 0.05) is 17.4 Å². The molecule has 0 fully saturated rings. The van der Waals surface area contributed by atoms with Crippen molar-refractivity contribution in [3.63, 3.8) is 0 Å². The van der Waals surface area contributed by atoms with Crippen LogP contribution >= 0.6 is 0 Å². The Hall–Kier alpha value is -3.28. The fraction of sp³-hybridized carbons (Fsp3) is 0.227. The Labute approximate surface area is 164 Å². The van der Waals surface area contributed by atoms with E-state index in [1.807, 2.05) is 18.2 Å². The Morgan fingerprint density at radius 1 is 1.00 bits per heavy atom. The number of nitrogens with zero attached hydrogens (tertiary/aromatic N) is 2. The molecule has 3 rings (SSSR count). The van der Waals surface area contributed by atoms with Crippen LogP contribution in [0.15, 0.2) is 54.6 Å². The number of carbonyl (C=O) groups is 1. The third-order valence-corrected chi connectivity index (χ3v) is 4.15. The van der Waals surface area contributed by atoms with Gasteiger partial charge in [0.2, 0.25) is 0 Å². The van der Waals surface area contributed by atoms with Gasteiger partial charge in [-0.15, -0.1) is 0 Å². The summed E-state index contributed by atoms with van der Waals surface area (Å²) in [6.07, 6.45) is 0. The van der Waals surface area contributed by atoms with E-state index >= 15 is 0 Å². The first-order chi connectivity index (χ1) is 13.2. The first kappa shape index (κ1) is 19.5. The fourth-order valence-corrected chi connectivity index (χ4v) is 2.89. The van der Waals surface area contributed by atoms with E-state index in [2.05, 4.69) is 47.4 Å². The van der Waals surface area contributed by atoms with Crippen molar-refractivity contribution in [1.82, 2.24) is 9.97 Å². The van der Waals surface area contributed by atoms with E-state index in [-0.39, 0.29) is 11.1 Å². The molecule has 0 aliphatic carbocycles. The van der Waals surface area contributed by atoms with Crippen LogP contribution in [-0.2, 0) is 5.41 Å². The summed E-state index contributed by atoms with van der Waals surface area (Å²) in [6, 6.07) is 15.3. The van der Waals surface area contributed by atoms with Crippen molar-refractivity contribution in [2.75, 3.05) is 10.6 Å². The minimum absolute atomic E-state index is 0.0523. The van der Waals surface area contributed by atoms with E-state index in [0.29, 0.717) is 17.3 Å². The highest BCUT2D eigenvalue weighted by atomic mass is 19.1. The summed E-state index contributed by atoms with van der Waals surface area (Å²) in [4.78, 5) is 21.2. The molecular formula is C22H23FN4O. The lowest BCUT2D eigenvalue weighted by Crippen LogP contribution is -2.16. The summed E-state index contributed by atoms with van der Waals surface area (Å²) in [5.74, 6) is 0.136. The minimum Gasteiger partial charge on any atom is -0.340 e. The van der Waals surface area contributed by atoms with E-state index in [9.17, 15) is 9.18 Å². The van der Waals surface area contributed by atoms with E-state index in [0.717, 1.165) is 11.3 Å². The van der Waals surface area contributed by atoms with Crippen LogP contribution in [0.4, 0.5) is 21.6 Å². The number of rotatable bonds is 4. The SMILES string of the molecule is Cc1nc(Nc2ccccc2C(C)(C)C)cc(C(=O)Nc2cccc(F)c2)n1. The molecule has 1 amide bonds. The summed E-state index contributed by atoms with van der Waals surface area (Å²) in [5.41, 5.74) is 2.58. The molecule has 0 atom stereocenters. The Morgan fingerprint density at radius 2 is 1.75 bits per heavy atom. The second-order valence-corrected chi connectivity index (χ2v) is 7.57. The van der Waals surface area contributed by atoms with Crippen molar-refractivity contribution in [2.45, 2.75) is 33.1 Å². The summed E-state index contributed by atoms with van der Waals surface area (Å²) in [7, 11) is 0. The molecule has 0 spiro atoms. The van der Waals surface area contributed by atoms with Crippen LogP contribution < -0.4 is 10.6 Å². The van der Waals surface area contributed by atoms with Crippen LogP contribution in [0.25, 0.3) is 0 Å². The second kappa shape index (κ2) is 7.76. The highest BCUT2D eigenvalue weighted by molar-refractivity contribution is 6.03. The number of hydrogen-bond acceptors (Lipinski definition) is 4. The van der Waals surface area contributed by atoms with Gasteiger partial charge in [-0.3, -0.25) is 4.79 Å². The first-order valence-electron chi connectivity index (χ1n) is 9.01. The maximum atomic E-state index is 13.3. The molecule has 0 radical (unpaired) electrons. The van der Waals surface area contributed by atoms with Crippen LogP contribution in [0.5, 0.6) is 0 Å². The topological polar surface area (TPSA) is 66.9 Å². The summed E-state index contributed by atoms with van der Waals surface area (Å²) < 4.78 is 13.3. The van der Waals surface area contributed by atoms with Gasteiger partial charge >= 0.3 is 0 Å². The Bertz CT molecular complexity index is 1010. The standard InChI is InChI=1S/C22H23FN4O/c1-14-24-19(21(28)26-16-9-7-8-15(23)12-16)13-20(25-14)27-18-11-6-5-10-17(18)22(2,3)4/h5-13H,1-4H3,(H,26,28)(H,24,25,27).